The van der Waals surface area contributed by atoms with Crippen LogP contribution in [0, 0.1) is 11.8 Å². The highest BCUT2D eigenvalue weighted by Crippen LogP contribution is 2.30. The first-order valence-electron chi connectivity index (χ1n) is 4.72. The highest BCUT2D eigenvalue weighted by molar-refractivity contribution is 5.78. The van der Waals surface area contributed by atoms with Crippen LogP contribution in [-0.2, 0) is 0 Å². The SMILES string of the molecule is CNCC#Cc1cc(C=O)cc(OC)c1O. The fraction of sp³-hybridized carbons (Fsp3) is 0.250. The molecule has 0 unspecified atom stereocenters. The Bertz CT molecular complexity index is 444. The average Bonchev–Trinajstić information content (AvgIpc) is 2.31. The zero-order valence-electron chi connectivity index (χ0n) is 9.20. The lowest BCUT2D eigenvalue weighted by atomic mass is 10.1. The average molecular weight is 219 g/mol. The molecule has 1 rings (SSSR count). The van der Waals surface area contributed by atoms with Crippen molar-refractivity contribution in [2.45, 2.75) is 0 Å². The van der Waals surface area contributed by atoms with Gasteiger partial charge in [0.2, 0.25) is 0 Å². The Morgan fingerprint density at radius 1 is 1.56 bits per heavy atom. The van der Waals surface area contributed by atoms with Crippen molar-refractivity contribution in [2.24, 2.45) is 0 Å². The summed E-state index contributed by atoms with van der Waals surface area (Å²) in [6.07, 6.45) is 0.686. The molecule has 16 heavy (non-hydrogen) atoms. The van der Waals surface area contributed by atoms with Crippen LogP contribution < -0.4 is 10.1 Å². The van der Waals surface area contributed by atoms with Crippen molar-refractivity contribution in [3.05, 3.63) is 23.3 Å². The molecule has 1 aromatic carbocycles. The van der Waals surface area contributed by atoms with Gasteiger partial charge in [-0.15, -0.1) is 0 Å². The number of carbonyl (C=O) groups excluding carboxylic acids is 1. The van der Waals surface area contributed by atoms with Gasteiger partial charge < -0.3 is 15.2 Å². The van der Waals surface area contributed by atoms with E-state index in [0.29, 0.717) is 24.0 Å². The van der Waals surface area contributed by atoms with Gasteiger partial charge in [0, 0.05) is 5.56 Å². The van der Waals surface area contributed by atoms with Gasteiger partial charge in [-0.1, -0.05) is 11.8 Å². The number of methoxy groups -OCH3 is 1. The highest BCUT2D eigenvalue weighted by Gasteiger charge is 2.08. The van der Waals surface area contributed by atoms with E-state index in [2.05, 4.69) is 17.2 Å². The van der Waals surface area contributed by atoms with Crippen LogP contribution in [0.25, 0.3) is 0 Å². The number of phenols is 1. The number of phenolic OH excluding ortho intramolecular Hbond substituents is 1. The van der Waals surface area contributed by atoms with Gasteiger partial charge >= 0.3 is 0 Å². The van der Waals surface area contributed by atoms with Crippen LogP contribution in [0.4, 0.5) is 0 Å². The number of carbonyl (C=O) groups is 1. The summed E-state index contributed by atoms with van der Waals surface area (Å²) >= 11 is 0. The smallest absolute Gasteiger partial charge is 0.173 e. The van der Waals surface area contributed by atoms with E-state index in [1.165, 1.54) is 19.2 Å². The van der Waals surface area contributed by atoms with E-state index in [1.54, 1.807) is 7.05 Å². The van der Waals surface area contributed by atoms with E-state index in [4.69, 9.17) is 4.74 Å². The van der Waals surface area contributed by atoms with Crippen LogP contribution in [0.1, 0.15) is 15.9 Å². The normalized spacial score (nSPS) is 9.12. The van der Waals surface area contributed by atoms with Crippen LogP contribution in [0.15, 0.2) is 12.1 Å². The molecule has 0 radical (unpaired) electrons. The third-order valence-corrected chi connectivity index (χ3v) is 1.94. The lowest BCUT2D eigenvalue weighted by Crippen LogP contribution is -2.04. The molecule has 4 heteroatoms. The minimum atomic E-state index is -0.0447. The Balaban J connectivity index is 3.17. The van der Waals surface area contributed by atoms with Gasteiger partial charge in [-0.3, -0.25) is 4.79 Å². The Morgan fingerprint density at radius 3 is 2.88 bits per heavy atom. The number of hydrogen-bond donors (Lipinski definition) is 2. The van der Waals surface area contributed by atoms with Crippen molar-refractivity contribution >= 4 is 6.29 Å². The fourth-order valence-corrected chi connectivity index (χ4v) is 1.18. The maximum absolute atomic E-state index is 10.7. The molecule has 0 aromatic heterocycles. The standard InChI is InChI=1S/C12H13NO3/c1-13-5-3-4-10-6-9(8-14)7-11(16-2)12(10)15/h6-8,13,15H,5H2,1-2H3. The minimum absolute atomic E-state index is 0.0447. The summed E-state index contributed by atoms with van der Waals surface area (Å²) in [7, 11) is 3.20. The number of ether oxygens (including phenoxy) is 1. The van der Waals surface area contributed by atoms with Gasteiger partial charge in [-0.25, -0.2) is 0 Å². The van der Waals surface area contributed by atoms with Gasteiger partial charge in [-0.2, -0.15) is 0 Å². The Morgan fingerprint density at radius 2 is 2.31 bits per heavy atom. The van der Waals surface area contributed by atoms with Crippen LogP contribution in [0.2, 0.25) is 0 Å². The zero-order valence-corrected chi connectivity index (χ0v) is 9.20. The molecule has 0 aliphatic carbocycles. The maximum atomic E-state index is 10.7. The molecule has 1 aromatic rings. The van der Waals surface area contributed by atoms with Crippen molar-refractivity contribution in [3.63, 3.8) is 0 Å². The van der Waals surface area contributed by atoms with E-state index in [0.717, 1.165) is 0 Å². The Labute approximate surface area is 94.2 Å². The van der Waals surface area contributed by atoms with Crippen molar-refractivity contribution in [3.8, 4) is 23.3 Å². The second-order valence-corrected chi connectivity index (χ2v) is 3.07. The van der Waals surface area contributed by atoms with Gasteiger partial charge in [0.25, 0.3) is 0 Å². The van der Waals surface area contributed by atoms with Crippen molar-refractivity contribution < 1.29 is 14.6 Å². The van der Waals surface area contributed by atoms with Gasteiger partial charge in [-0.05, 0) is 19.2 Å². The number of nitrogens with one attached hydrogen (secondary N) is 1. The molecule has 0 saturated carbocycles. The first-order valence-corrected chi connectivity index (χ1v) is 4.72. The number of rotatable bonds is 3. The number of aromatic hydroxyl groups is 1. The summed E-state index contributed by atoms with van der Waals surface area (Å²) in [5.41, 5.74) is 0.806. The molecular formula is C12H13NO3. The highest BCUT2D eigenvalue weighted by atomic mass is 16.5. The summed E-state index contributed by atoms with van der Waals surface area (Å²) in [6.45, 7) is 0.507. The largest absolute Gasteiger partial charge is 0.503 e. The van der Waals surface area contributed by atoms with E-state index in [9.17, 15) is 9.90 Å². The number of hydrogen-bond acceptors (Lipinski definition) is 4. The topological polar surface area (TPSA) is 58.6 Å². The van der Waals surface area contributed by atoms with E-state index < -0.39 is 0 Å². The number of benzene rings is 1. The predicted octanol–water partition coefficient (Wildman–Crippen LogP) is 0.784. The minimum Gasteiger partial charge on any atom is -0.503 e. The maximum Gasteiger partial charge on any atom is 0.173 e. The van der Waals surface area contributed by atoms with Crippen LogP contribution in [0.5, 0.6) is 11.5 Å². The summed E-state index contributed by atoms with van der Waals surface area (Å²) in [5, 5.41) is 12.6. The van der Waals surface area contributed by atoms with Crippen molar-refractivity contribution in [1.29, 1.82) is 0 Å². The third kappa shape index (κ3) is 2.75. The lowest BCUT2D eigenvalue weighted by Gasteiger charge is -2.05. The third-order valence-electron chi connectivity index (χ3n) is 1.94. The molecule has 84 valence electrons. The molecule has 0 spiro atoms. The monoisotopic (exact) mass is 219 g/mol. The molecule has 0 saturated heterocycles. The second kappa shape index (κ2) is 5.79. The summed E-state index contributed by atoms with van der Waals surface area (Å²) in [6, 6.07) is 2.99. The van der Waals surface area contributed by atoms with Crippen molar-refractivity contribution in [2.75, 3.05) is 20.7 Å². The van der Waals surface area contributed by atoms with E-state index in [-0.39, 0.29) is 11.5 Å². The predicted molar refractivity (Wildman–Crippen MR) is 60.9 cm³/mol. The van der Waals surface area contributed by atoms with E-state index in [1.807, 2.05) is 0 Å². The first-order chi connectivity index (χ1) is 7.72. The molecule has 0 aliphatic rings. The van der Waals surface area contributed by atoms with Gasteiger partial charge in [0.05, 0.1) is 19.2 Å². The molecule has 0 heterocycles. The molecule has 0 aliphatic heterocycles. The second-order valence-electron chi connectivity index (χ2n) is 3.07. The molecule has 4 nitrogen and oxygen atoms in total. The fourth-order valence-electron chi connectivity index (χ4n) is 1.18. The van der Waals surface area contributed by atoms with E-state index >= 15 is 0 Å². The van der Waals surface area contributed by atoms with Crippen molar-refractivity contribution in [1.82, 2.24) is 5.32 Å². The molecule has 0 bridgehead atoms. The molecule has 0 atom stereocenters. The lowest BCUT2D eigenvalue weighted by molar-refractivity contribution is 0.112. The molecule has 2 N–H and O–H groups in total. The number of aldehydes is 1. The molecular weight excluding hydrogens is 206 g/mol. The summed E-state index contributed by atoms with van der Waals surface area (Å²) in [4.78, 5) is 10.7. The Kier molecular flexibility index (Phi) is 4.37. The molecule has 0 fully saturated rings. The summed E-state index contributed by atoms with van der Waals surface area (Å²) < 4.78 is 4.94. The first kappa shape index (κ1) is 12.1. The van der Waals surface area contributed by atoms with Crippen LogP contribution >= 0.6 is 0 Å². The Hall–Kier alpha value is -1.99. The quantitative estimate of drug-likeness (QED) is 0.582. The molecule has 0 amide bonds. The van der Waals surface area contributed by atoms with Crippen LogP contribution in [-0.4, -0.2) is 32.1 Å². The van der Waals surface area contributed by atoms with Crippen LogP contribution in [0.3, 0.4) is 0 Å². The summed E-state index contributed by atoms with van der Waals surface area (Å²) in [5.74, 6) is 5.77. The zero-order chi connectivity index (χ0) is 12.0. The van der Waals surface area contributed by atoms with Gasteiger partial charge in [0.15, 0.2) is 11.5 Å². The van der Waals surface area contributed by atoms with Gasteiger partial charge in [0.1, 0.15) is 6.29 Å².